The van der Waals surface area contributed by atoms with E-state index in [1.165, 1.54) is 10.8 Å². The Hall–Kier alpha value is -5.69. The van der Waals surface area contributed by atoms with Crippen molar-refractivity contribution in [3.8, 4) is 39.9 Å². The lowest BCUT2D eigenvalue weighted by Gasteiger charge is -2.16. The largest absolute Gasteiger partial charge is 0.494 e. The van der Waals surface area contributed by atoms with Crippen LogP contribution in [0.3, 0.4) is 0 Å². The molecule has 0 aliphatic heterocycles. The minimum absolute atomic E-state index is 0. The predicted octanol–water partition coefficient (Wildman–Crippen LogP) is 8.41. The first-order chi connectivity index (χ1) is 25.2. The van der Waals surface area contributed by atoms with Crippen molar-refractivity contribution in [1.82, 2.24) is 19.5 Å². The fourth-order valence-corrected chi connectivity index (χ4v) is 6.41. The fourth-order valence-electron chi connectivity index (χ4n) is 5.86. The molecule has 0 saturated carbocycles. The Bertz CT molecular complexity index is 2460. The van der Waals surface area contributed by atoms with Crippen LogP contribution in [0.25, 0.3) is 61.7 Å². The number of para-hydroxylation sites is 3. The van der Waals surface area contributed by atoms with Crippen LogP contribution < -0.4 is 5.46 Å². The number of aromatic nitrogens is 4. The van der Waals surface area contributed by atoms with Crippen LogP contribution >= 0.6 is 15.9 Å². The molecule has 0 spiro atoms. The number of hydrogen-bond acceptors (Lipinski definition) is 5. The Morgan fingerprint density at radius 2 is 0.906 bits per heavy atom. The minimum Gasteiger partial charge on any atom is -0.423 e. The highest BCUT2D eigenvalue weighted by Gasteiger charge is 2.31. The molecule has 0 aliphatic carbocycles. The lowest BCUT2D eigenvalue weighted by molar-refractivity contribution is 0.373. The predicted molar refractivity (Wildman–Crippen MR) is 200 cm³/mol. The number of fused-ring (bicyclic) bond motifs is 3. The van der Waals surface area contributed by atoms with Crippen molar-refractivity contribution in [2.24, 2.45) is 0 Å². The summed E-state index contributed by atoms with van der Waals surface area (Å²) in [6.07, 6.45) is 0. The second kappa shape index (κ2) is 15.5. The second-order valence-corrected chi connectivity index (χ2v) is 12.3. The van der Waals surface area contributed by atoms with Crippen molar-refractivity contribution in [3.63, 3.8) is 0 Å². The average molecular weight is 776 g/mol. The smallest absolute Gasteiger partial charge is 0.423 e. The highest BCUT2D eigenvalue weighted by atomic mass is 79.9. The standard InChI is InChI=1S/C33H21BrN4.C6H2BF5O2.B/c34-27-19-11-18-26(30(27)38-28-20-9-7-16-24(28)25-17-8-10-21-29(25)38)33-36-31(22-12-3-1-4-13-22)35-32(37-33)23-14-5-2-6-15-23;8-2-1(7(13)14)3(9)5(11)6(12)4(2)10;/h1-21H;13-14H;. The molecule has 0 fully saturated rings. The first kappa shape index (κ1) is 37.1. The van der Waals surface area contributed by atoms with Crippen LogP contribution in [0.5, 0.6) is 0 Å². The molecule has 0 unspecified atom stereocenters. The van der Waals surface area contributed by atoms with Crippen molar-refractivity contribution in [2.45, 2.75) is 0 Å². The molecule has 2 heterocycles. The number of benzene rings is 6. The molecule has 0 atom stereocenters. The Balaban J connectivity index is 0.000000273. The molecule has 2 aromatic heterocycles. The molecule has 0 aliphatic rings. The number of nitrogens with zero attached hydrogens (tertiary/aromatic N) is 4. The maximum atomic E-state index is 12.6. The van der Waals surface area contributed by atoms with Gasteiger partial charge in [-0.1, -0.05) is 103 Å². The summed E-state index contributed by atoms with van der Waals surface area (Å²) < 4.78 is 65.6. The summed E-state index contributed by atoms with van der Waals surface area (Å²) in [5.74, 6) is -9.38. The molecule has 6 nitrogen and oxygen atoms in total. The first-order valence-electron chi connectivity index (χ1n) is 15.7. The Morgan fingerprint density at radius 3 is 1.38 bits per heavy atom. The van der Waals surface area contributed by atoms with Crippen LogP contribution in [0.1, 0.15) is 0 Å². The van der Waals surface area contributed by atoms with Crippen LogP contribution in [0.4, 0.5) is 22.0 Å². The third kappa shape index (κ3) is 6.96. The lowest BCUT2D eigenvalue weighted by Crippen LogP contribution is -2.38. The van der Waals surface area contributed by atoms with Crippen molar-refractivity contribution < 1.29 is 32.0 Å². The maximum Gasteiger partial charge on any atom is 0.494 e. The number of halogens is 6. The molecule has 14 heteroatoms. The molecular formula is C39H23B2BrF5N4O2. The van der Waals surface area contributed by atoms with Gasteiger partial charge >= 0.3 is 7.12 Å². The molecule has 0 amide bonds. The fraction of sp³-hybridized carbons (Fsp3) is 0. The van der Waals surface area contributed by atoms with Crippen molar-refractivity contribution in [2.75, 3.05) is 0 Å². The average Bonchev–Trinajstić information content (AvgIpc) is 3.51. The second-order valence-electron chi connectivity index (χ2n) is 11.4. The molecule has 0 bridgehead atoms. The topological polar surface area (TPSA) is 84.1 Å². The van der Waals surface area contributed by atoms with Gasteiger partial charge in [0.2, 0.25) is 0 Å². The third-order valence-corrected chi connectivity index (χ3v) is 8.87. The molecule has 3 radical (unpaired) electrons. The summed E-state index contributed by atoms with van der Waals surface area (Å²) in [7, 11) is -2.76. The van der Waals surface area contributed by atoms with Crippen LogP contribution in [0, 0.1) is 29.1 Å². The van der Waals surface area contributed by atoms with Crippen LogP contribution in [0.15, 0.2) is 132 Å². The van der Waals surface area contributed by atoms with Crippen LogP contribution in [0.2, 0.25) is 0 Å². The third-order valence-electron chi connectivity index (χ3n) is 8.23. The van der Waals surface area contributed by atoms with Gasteiger partial charge in [-0.05, 0) is 40.2 Å². The van der Waals surface area contributed by atoms with E-state index in [9.17, 15) is 22.0 Å². The Labute approximate surface area is 310 Å². The molecule has 2 N–H and O–H groups in total. The molecule has 53 heavy (non-hydrogen) atoms. The Kier molecular flexibility index (Phi) is 10.8. The van der Waals surface area contributed by atoms with E-state index in [1.807, 2.05) is 66.7 Å². The summed E-state index contributed by atoms with van der Waals surface area (Å²) in [4.78, 5) is 14.9. The van der Waals surface area contributed by atoms with Gasteiger partial charge in [-0.25, -0.2) is 36.9 Å². The summed E-state index contributed by atoms with van der Waals surface area (Å²) in [5, 5.41) is 19.1. The normalized spacial score (nSPS) is 10.9. The minimum atomic E-state index is -2.76. The summed E-state index contributed by atoms with van der Waals surface area (Å²) in [6.45, 7) is 0. The zero-order chi connectivity index (χ0) is 36.5. The van der Waals surface area contributed by atoms with Crippen molar-refractivity contribution >= 4 is 58.7 Å². The van der Waals surface area contributed by atoms with Gasteiger partial charge < -0.3 is 14.6 Å². The van der Waals surface area contributed by atoms with Crippen molar-refractivity contribution in [1.29, 1.82) is 0 Å². The van der Waals surface area contributed by atoms with Crippen molar-refractivity contribution in [3.05, 3.63) is 161 Å². The van der Waals surface area contributed by atoms with E-state index in [4.69, 9.17) is 25.0 Å². The molecule has 0 saturated heterocycles. The zero-order valence-corrected chi connectivity index (χ0v) is 28.8. The van der Waals surface area contributed by atoms with E-state index in [-0.39, 0.29) is 8.41 Å². The highest BCUT2D eigenvalue weighted by molar-refractivity contribution is 9.10. The van der Waals surface area contributed by atoms with Gasteiger partial charge in [-0.3, -0.25) is 0 Å². The molecule has 6 aromatic carbocycles. The molecule has 8 aromatic rings. The highest BCUT2D eigenvalue weighted by Crippen LogP contribution is 2.39. The molecule has 259 valence electrons. The van der Waals surface area contributed by atoms with Crippen LogP contribution in [-0.2, 0) is 0 Å². The van der Waals surface area contributed by atoms with Gasteiger partial charge in [0.25, 0.3) is 0 Å². The van der Waals surface area contributed by atoms with E-state index in [2.05, 4.69) is 81.2 Å². The zero-order valence-electron chi connectivity index (χ0n) is 27.2. The van der Waals surface area contributed by atoms with Gasteiger partial charge in [0.15, 0.2) is 46.6 Å². The lowest BCUT2D eigenvalue weighted by atomic mass is 9.79. The van der Waals surface area contributed by atoms with Gasteiger partial charge in [0.05, 0.1) is 22.2 Å². The summed E-state index contributed by atoms with van der Waals surface area (Å²) in [5.41, 5.74) is 4.39. The SMILES string of the molecule is Brc1cccc(-c2nc(-c3ccccc3)nc(-c3ccccc3)n2)c1-n1c2ccccc2c2ccccc21.OB(O)c1c(F)c(F)c(F)c(F)c1F.[B]. The van der Waals surface area contributed by atoms with Gasteiger partial charge in [-0.15, -0.1) is 0 Å². The van der Waals surface area contributed by atoms with Gasteiger partial charge in [-0.2, -0.15) is 0 Å². The summed E-state index contributed by atoms with van der Waals surface area (Å²) >= 11 is 3.87. The first-order valence-corrected chi connectivity index (χ1v) is 16.5. The van der Waals surface area contributed by atoms with Gasteiger partial charge in [0.1, 0.15) is 0 Å². The monoisotopic (exact) mass is 775 g/mol. The van der Waals surface area contributed by atoms with Crippen LogP contribution in [-0.4, -0.2) is 45.1 Å². The van der Waals surface area contributed by atoms with Gasteiger partial charge in [0, 0.05) is 40.3 Å². The summed E-state index contributed by atoms with van der Waals surface area (Å²) in [6, 6.07) is 43.3. The molecular weight excluding hydrogens is 753 g/mol. The number of hydrogen-bond donors (Lipinski definition) is 2. The maximum absolute atomic E-state index is 12.6. The number of rotatable bonds is 5. The quantitative estimate of drug-likeness (QED) is 0.0795. The van der Waals surface area contributed by atoms with E-state index in [0.717, 1.165) is 37.9 Å². The van der Waals surface area contributed by atoms with E-state index < -0.39 is 41.7 Å². The van der Waals surface area contributed by atoms with E-state index >= 15 is 0 Å². The van der Waals surface area contributed by atoms with E-state index in [1.54, 1.807) is 0 Å². The Morgan fingerprint density at radius 1 is 0.491 bits per heavy atom. The molecule has 8 rings (SSSR count). The van der Waals surface area contributed by atoms with E-state index in [0.29, 0.717) is 17.5 Å².